The van der Waals surface area contributed by atoms with Gasteiger partial charge in [0.2, 0.25) is 0 Å². The summed E-state index contributed by atoms with van der Waals surface area (Å²) in [4.78, 5) is 12.8. The minimum Gasteiger partial charge on any atom is -0.496 e. The van der Waals surface area contributed by atoms with Crippen LogP contribution in [0.15, 0.2) is 36.4 Å². The number of benzene rings is 2. The van der Waals surface area contributed by atoms with Crippen LogP contribution in [0.4, 0.5) is 0 Å². The number of hydrogen-bond acceptors (Lipinski definition) is 4. The number of hydrogen-bond donors (Lipinski definition) is 0. The van der Waals surface area contributed by atoms with Gasteiger partial charge in [-0.1, -0.05) is 12.1 Å². The first-order valence-electron chi connectivity index (χ1n) is 8.68. The Morgan fingerprint density at radius 3 is 2.72 bits per heavy atom. The van der Waals surface area contributed by atoms with E-state index in [0.29, 0.717) is 11.1 Å². The number of methoxy groups -OCH3 is 1. The fourth-order valence-electron chi connectivity index (χ4n) is 4.06. The normalized spacial score (nSPS) is 22.4. The van der Waals surface area contributed by atoms with E-state index in [1.807, 2.05) is 36.4 Å². The van der Waals surface area contributed by atoms with Crippen molar-refractivity contribution >= 4 is 5.78 Å². The van der Waals surface area contributed by atoms with Gasteiger partial charge in [-0.15, -0.1) is 0 Å². The number of carbonyl (C=O) groups is 1. The molecule has 2 heterocycles. The van der Waals surface area contributed by atoms with Gasteiger partial charge in [0, 0.05) is 16.7 Å². The molecule has 2 aromatic carbocycles. The second-order valence-corrected chi connectivity index (χ2v) is 6.95. The Bertz CT molecular complexity index is 870. The molecule has 2 saturated heterocycles. The summed E-state index contributed by atoms with van der Waals surface area (Å²) in [6.07, 6.45) is 0.190. The van der Waals surface area contributed by atoms with Crippen molar-refractivity contribution in [3.63, 3.8) is 0 Å². The Hall–Kier alpha value is -2.37. The van der Waals surface area contributed by atoms with E-state index < -0.39 is 0 Å². The van der Waals surface area contributed by atoms with Crippen LogP contribution in [0.25, 0.3) is 11.1 Å². The highest BCUT2D eigenvalue weighted by atomic mass is 16.5. The Labute approximate surface area is 146 Å². The predicted molar refractivity (Wildman–Crippen MR) is 92.0 cm³/mol. The van der Waals surface area contributed by atoms with Crippen LogP contribution in [-0.4, -0.2) is 56.5 Å². The van der Waals surface area contributed by atoms with Gasteiger partial charge in [0.05, 0.1) is 20.3 Å². The second-order valence-electron chi connectivity index (χ2n) is 6.95. The molecule has 0 bridgehead atoms. The van der Waals surface area contributed by atoms with Crippen molar-refractivity contribution in [2.75, 3.05) is 40.0 Å². The van der Waals surface area contributed by atoms with Gasteiger partial charge < -0.3 is 14.2 Å². The molecule has 1 unspecified atom stereocenters. The molecule has 0 aromatic heterocycles. The van der Waals surface area contributed by atoms with E-state index in [1.165, 1.54) is 0 Å². The standard InChI is InChI=1S/C20H20NO4/c1-23-17-4-2-3-15-19(17)14-6-5-13(11-16(14)20(15)22)25-18-12-21(18)7-9-24-10-8-21/h2-6,11,18H,7-10,12H2,1H3/q+1. The zero-order chi connectivity index (χ0) is 17.0. The second kappa shape index (κ2) is 5.31. The van der Waals surface area contributed by atoms with Crippen molar-refractivity contribution in [1.29, 1.82) is 0 Å². The molecule has 0 amide bonds. The van der Waals surface area contributed by atoms with Crippen LogP contribution in [0.3, 0.4) is 0 Å². The number of quaternary nitrogens is 1. The van der Waals surface area contributed by atoms with Gasteiger partial charge in [-0.2, -0.15) is 0 Å². The van der Waals surface area contributed by atoms with Gasteiger partial charge in [0.25, 0.3) is 6.23 Å². The van der Waals surface area contributed by atoms with E-state index in [9.17, 15) is 4.79 Å². The number of ketones is 1. The number of morpholine rings is 1. The summed E-state index contributed by atoms with van der Waals surface area (Å²) in [5, 5.41) is 0. The first kappa shape index (κ1) is 14.9. The summed E-state index contributed by atoms with van der Waals surface area (Å²) in [5.41, 5.74) is 3.22. The molecule has 1 atom stereocenters. The summed E-state index contributed by atoms with van der Waals surface area (Å²) in [6.45, 7) is 4.66. The highest BCUT2D eigenvalue weighted by molar-refractivity contribution is 6.22. The van der Waals surface area contributed by atoms with Crippen LogP contribution >= 0.6 is 0 Å². The number of carbonyl (C=O) groups excluding carboxylic acids is 1. The lowest BCUT2D eigenvalue weighted by molar-refractivity contribution is -0.834. The molecule has 128 valence electrons. The molecular formula is C20H20NO4+. The molecule has 0 radical (unpaired) electrons. The maximum Gasteiger partial charge on any atom is 0.283 e. The molecule has 2 fully saturated rings. The van der Waals surface area contributed by atoms with Crippen LogP contribution in [0.1, 0.15) is 15.9 Å². The summed E-state index contributed by atoms with van der Waals surface area (Å²) >= 11 is 0. The first-order valence-corrected chi connectivity index (χ1v) is 8.68. The van der Waals surface area contributed by atoms with E-state index in [1.54, 1.807) is 7.11 Å². The van der Waals surface area contributed by atoms with E-state index in [0.717, 1.165) is 60.0 Å². The lowest BCUT2D eigenvalue weighted by atomic mass is 10.0. The van der Waals surface area contributed by atoms with Gasteiger partial charge in [-0.3, -0.25) is 9.28 Å². The van der Waals surface area contributed by atoms with Crippen molar-refractivity contribution in [3.05, 3.63) is 47.5 Å². The Morgan fingerprint density at radius 1 is 1.08 bits per heavy atom. The molecule has 0 N–H and O–H groups in total. The minimum absolute atomic E-state index is 0.0421. The van der Waals surface area contributed by atoms with E-state index >= 15 is 0 Å². The lowest BCUT2D eigenvalue weighted by Gasteiger charge is -2.24. The first-order chi connectivity index (χ1) is 12.2. The van der Waals surface area contributed by atoms with Crippen LogP contribution in [0.2, 0.25) is 0 Å². The van der Waals surface area contributed by atoms with Crippen LogP contribution in [0, 0.1) is 0 Å². The summed E-state index contributed by atoms with van der Waals surface area (Å²) in [5.74, 6) is 1.55. The van der Waals surface area contributed by atoms with Crippen molar-refractivity contribution in [1.82, 2.24) is 0 Å². The molecular weight excluding hydrogens is 318 g/mol. The highest BCUT2D eigenvalue weighted by Gasteiger charge is 2.58. The van der Waals surface area contributed by atoms with E-state index in [4.69, 9.17) is 14.2 Å². The van der Waals surface area contributed by atoms with Crippen LogP contribution in [-0.2, 0) is 4.74 Å². The molecule has 2 aromatic rings. The fourth-order valence-corrected chi connectivity index (χ4v) is 4.06. The molecule has 0 saturated carbocycles. The Kier molecular flexibility index (Phi) is 3.17. The van der Waals surface area contributed by atoms with Crippen molar-refractivity contribution in [2.45, 2.75) is 6.23 Å². The third-order valence-electron chi connectivity index (χ3n) is 5.63. The van der Waals surface area contributed by atoms with Crippen LogP contribution < -0.4 is 9.47 Å². The maximum atomic E-state index is 12.8. The zero-order valence-electron chi connectivity index (χ0n) is 14.2. The molecule has 5 nitrogen and oxygen atoms in total. The average molecular weight is 338 g/mol. The monoisotopic (exact) mass is 338 g/mol. The summed E-state index contributed by atoms with van der Waals surface area (Å²) in [7, 11) is 1.63. The van der Waals surface area contributed by atoms with Gasteiger partial charge in [-0.25, -0.2) is 0 Å². The molecule has 5 rings (SSSR count). The van der Waals surface area contributed by atoms with Crippen molar-refractivity contribution < 1.29 is 23.5 Å². The minimum atomic E-state index is 0.0421. The number of fused-ring (bicyclic) bond motifs is 3. The van der Waals surface area contributed by atoms with Crippen molar-refractivity contribution in [3.8, 4) is 22.6 Å². The molecule has 2 aliphatic heterocycles. The van der Waals surface area contributed by atoms with E-state index in [-0.39, 0.29) is 12.0 Å². The zero-order valence-corrected chi connectivity index (χ0v) is 14.2. The Balaban J connectivity index is 1.44. The molecule has 5 heteroatoms. The smallest absolute Gasteiger partial charge is 0.283 e. The number of nitrogens with zero attached hydrogens (tertiary/aromatic N) is 1. The molecule has 1 aliphatic carbocycles. The van der Waals surface area contributed by atoms with Gasteiger partial charge in [0.1, 0.15) is 24.6 Å². The predicted octanol–water partition coefficient (Wildman–Crippen LogP) is 2.47. The molecule has 25 heavy (non-hydrogen) atoms. The molecule has 3 aliphatic rings. The van der Waals surface area contributed by atoms with Crippen molar-refractivity contribution in [2.24, 2.45) is 0 Å². The quantitative estimate of drug-likeness (QED) is 0.544. The Morgan fingerprint density at radius 2 is 1.92 bits per heavy atom. The lowest BCUT2D eigenvalue weighted by Crippen LogP contribution is -2.41. The summed E-state index contributed by atoms with van der Waals surface area (Å²) in [6, 6.07) is 11.4. The van der Waals surface area contributed by atoms with Crippen LogP contribution in [0.5, 0.6) is 11.5 Å². The third-order valence-corrected chi connectivity index (χ3v) is 5.63. The van der Waals surface area contributed by atoms with Gasteiger partial charge in [-0.05, 0) is 29.8 Å². The summed E-state index contributed by atoms with van der Waals surface area (Å²) < 4.78 is 18.1. The highest BCUT2D eigenvalue weighted by Crippen LogP contribution is 2.44. The number of ether oxygens (including phenoxy) is 3. The van der Waals surface area contributed by atoms with Gasteiger partial charge in [0.15, 0.2) is 12.3 Å². The number of rotatable bonds is 3. The third kappa shape index (κ3) is 2.19. The average Bonchev–Trinajstić information content (AvgIpc) is 3.21. The fraction of sp³-hybridized carbons (Fsp3) is 0.350. The molecule has 1 spiro atoms. The van der Waals surface area contributed by atoms with Gasteiger partial charge >= 0.3 is 0 Å². The van der Waals surface area contributed by atoms with E-state index in [2.05, 4.69) is 0 Å². The SMILES string of the molecule is COc1cccc2c1-c1ccc(OC3C[N+]34CCOCC4)cc1C2=O. The topological polar surface area (TPSA) is 44.8 Å². The largest absolute Gasteiger partial charge is 0.496 e. The maximum absolute atomic E-state index is 12.8.